The van der Waals surface area contributed by atoms with Crippen LogP contribution in [0.1, 0.15) is 19.3 Å². The summed E-state index contributed by atoms with van der Waals surface area (Å²) in [7, 11) is 0. The van der Waals surface area contributed by atoms with Crippen LogP contribution in [-0.2, 0) is 0 Å². The fourth-order valence-electron chi connectivity index (χ4n) is 1.55. The van der Waals surface area contributed by atoms with Crippen LogP contribution in [0.5, 0.6) is 0 Å². The van der Waals surface area contributed by atoms with Crippen molar-refractivity contribution in [3.63, 3.8) is 0 Å². The van der Waals surface area contributed by atoms with Crippen molar-refractivity contribution in [1.82, 2.24) is 0 Å². The molecule has 2 heteroatoms. The Bertz CT molecular complexity index is 87.5. The molecule has 0 aliphatic heterocycles. The third-order valence-electron chi connectivity index (χ3n) is 1.90. The standard InChI is InChI=1S/C5H6Br2/c6-4-1-5(7,2-4)3-4/h1-3H2. The van der Waals surface area contributed by atoms with E-state index in [1.165, 1.54) is 19.3 Å². The van der Waals surface area contributed by atoms with E-state index >= 15 is 0 Å². The summed E-state index contributed by atoms with van der Waals surface area (Å²) in [5, 5.41) is 0. The number of hydrogen-bond donors (Lipinski definition) is 0. The van der Waals surface area contributed by atoms with Crippen LogP contribution in [-0.4, -0.2) is 8.65 Å². The van der Waals surface area contributed by atoms with Crippen molar-refractivity contribution < 1.29 is 0 Å². The lowest BCUT2D eigenvalue weighted by Gasteiger charge is -2.64. The highest BCUT2D eigenvalue weighted by molar-refractivity contribution is 9.11. The van der Waals surface area contributed by atoms with E-state index in [0.29, 0.717) is 8.65 Å². The van der Waals surface area contributed by atoms with Gasteiger partial charge in [-0.1, -0.05) is 31.9 Å². The van der Waals surface area contributed by atoms with E-state index in [1.54, 1.807) is 0 Å². The van der Waals surface area contributed by atoms with E-state index < -0.39 is 0 Å². The molecule has 0 heterocycles. The minimum absolute atomic E-state index is 0.594. The zero-order valence-corrected chi connectivity index (χ0v) is 7.05. The first-order valence-electron chi connectivity index (χ1n) is 2.50. The van der Waals surface area contributed by atoms with Crippen molar-refractivity contribution in [1.29, 1.82) is 0 Å². The highest BCUT2D eigenvalue weighted by atomic mass is 79.9. The van der Waals surface area contributed by atoms with E-state index in [2.05, 4.69) is 31.9 Å². The quantitative estimate of drug-likeness (QED) is 0.556. The van der Waals surface area contributed by atoms with Gasteiger partial charge in [-0.25, -0.2) is 0 Å². The Kier molecular flexibility index (Phi) is 0.666. The van der Waals surface area contributed by atoms with Crippen molar-refractivity contribution >= 4 is 31.9 Å². The molecule has 0 saturated heterocycles. The van der Waals surface area contributed by atoms with Gasteiger partial charge in [-0.2, -0.15) is 0 Å². The smallest absolute Gasteiger partial charge is 0.0298 e. The third-order valence-corrected chi connectivity index (χ3v) is 3.58. The molecule has 0 amide bonds. The van der Waals surface area contributed by atoms with Crippen LogP contribution in [0, 0.1) is 0 Å². The van der Waals surface area contributed by atoms with E-state index in [4.69, 9.17) is 0 Å². The topological polar surface area (TPSA) is 0 Å². The fourth-order valence-corrected chi connectivity index (χ4v) is 5.90. The number of rotatable bonds is 0. The maximum Gasteiger partial charge on any atom is 0.0298 e. The average Bonchev–Trinajstić information content (AvgIpc) is 1.27. The van der Waals surface area contributed by atoms with Gasteiger partial charge in [-0.15, -0.1) is 0 Å². The van der Waals surface area contributed by atoms with E-state index in [1.807, 2.05) is 0 Å². The molecule has 3 aliphatic carbocycles. The molecule has 40 valence electrons. The van der Waals surface area contributed by atoms with Crippen molar-refractivity contribution in [2.45, 2.75) is 27.9 Å². The highest BCUT2D eigenvalue weighted by Gasteiger charge is 2.65. The Morgan fingerprint density at radius 1 is 0.857 bits per heavy atom. The molecule has 7 heavy (non-hydrogen) atoms. The molecular formula is C5H6Br2. The van der Waals surface area contributed by atoms with Gasteiger partial charge in [0.25, 0.3) is 0 Å². The largest absolute Gasteiger partial charge is 0.0852 e. The van der Waals surface area contributed by atoms with E-state index in [0.717, 1.165) is 0 Å². The minimum Gasteiger partial charge on any atom is -0.0852 e. The first-order chi connectivity index (χ1) is 3.12. The Morgan fingerprint density at radius 3 is 1.14 bits per heavy atom. The second-order valence-corrected chi connectivity index (χ2v) is 6.20. The molecule has 3 saturated carbocycles. The van der Waals surface area contributed by atoms with Gasteiger partial charge in [-0.3, -0.25) is 0 Å². The normalized spacial score (nSPS) is 66.0. The van der Waals surface area contributed by atoms with Crippen molar-refractivity contribution in [3.05, 3.63) is 0 Å². The van der Waals surface area contributed by atoms with Crippen LogP contribution in [0.15, 0.2) is 0 Å². The lowest BCUT2D eigenvalue weighted by atomic mass is 9.56. The SMILES string of the molecule is BrC12CC(Br)(C1)C2. The molecule has 3 rings (SSSR count). The van der Waals surface area contributed by atoms with Gasteiger partial charge in [0.2, 0.25) is 0 Å². The van der Waals surface area contributed by atoms with Gasteiger partial charge < -0.3 is 0 Å². The molecule has 0 atom stereocenters. The van der Waals surface area contributed by atoms with Crippen LogP contribution in [0.25, 0.3) is 0 Å². The van der Waals surface area contributed by atoms with Crippen LogP contribution in [0.2, 0.25) is 0 Å². The van der Waals surface area contributed by atoms with Crippen molar-refractivity contribution in [2.75, 3.05) is 0 Å². The Hall–Kier alpha value is 0.960. The summed E-state index contributed by atoms with van der Waals surface area (Å²) in [5.41, 5.74) is 0. The van der Waals surface area contributed by atoms with Gasteiger partial charge in [-0.05, 0) is 19.3 Å². The van der Waals surface area contributed by atoms with Crippen molar-refractivity contribution in [2.24, 2.45) is 0 Å². The molecule has 0 aromatic carbocycles. The predicted octanol–water partition coefficient (Wildman–Crippen LogP) is 2.45. The Balaban J connectivity index is 2.16. The van der Waals surface area contributed by atoms with Gasteiger partial charge in [0.05, 0.1) is 0 Å². The molecule has 3 fully saturated rings. The summed E-state index contributed by atoms with van der Waals surface area (Å²) in [6.07, 6.45) is 4.04. The molecule has 3 aliphatic rings. The van der Waals surface area contributed by atoms with Crippen LogP contribution in [0.3, 0.4) is 0 Å². The van der Waals surface area contributed by atoms with E-state index in [9.17, 15) is 0 Å². The molecule has 0 N–H and O–H groups in total. The molecule has 0 nitrogen and oxygen atoms in total. The van der Waals surface area contributed by atoms with Gasteiger partial charge in [0.15, 0.2) is 0 Å². The first kappa shape index (κ1) is 4.80. The number of hydrogen-bond acceptors (Lipinski definition) is 0. The molecule has 0 radical (unpaired) electrons. The lowest BCUT2D eigenvalue weighted by molar-refractivity contribution is 0.112. The van der Waals surface area contributed by atoms with Crippen LogP contribution < -0.4 is 0 Å². The zero-order valence-electron chi connectivity index (χ0n) is 3.88. The van der Waals surface area contributed by atoms with Gasteiger partial charge in [0.1, 0.15) is 0 Å². The number of halogens is 2. The molecule has 2 bridgehead atoms. The Morgan fingerprint density at radius 2 is 1.14 bits per heavy atom. The molecule has 0 unspecified atom stereocenters. The summed E-state index contributed by atoms with van der Waals surface area (Å²) in [5.74, 6) is 0. The summed E-state index contributed by atoms with van der Waals surface area (Å²) in [4.78, 5) is 0. The van der Waals surface area contributed by atoms with Gasteiger partial charge >= 0.3 is 0 Å². The van der Waals surface area contributed by atoms with Gasteiger partial charge in [0, 0.05) is 8.65 Å². The third kappa shape index (κ3) is 0.476. The summed E-state index contributed by atoms with van der Waals surface area (Å²) >= 11 is 7.27. The Labute approximate surface area is 59.9 Å². The molecule has 0 aromatic heterocycles. The zero-order chi connectivity index (χ0) is 5.12. The minimum atomic E-state index is 0.594. The van der Waals surface area contributed by atoms with Crippen LogP contribution in [0.4, 0.5) is 0 Å². The molecule has 0 aromatic rings. The monoisotopic (exact) mass is 224 g/mol. The fraction of sp³-hybridized carbons (Fsp3) is 1.00. The molecule has 0 spiro atoms. The summed E-state index contributed by atoms with van der Waals surface area (Å²) in [6.45, 7) is 0. The summed E-state index contributed by atoms with van der Waals surface area (Å²) < 4.78 is 1.19. The second kappa shape index (κ2) is 0.971. The second-order valence-electron chi connectivity index (χ2n) is 2.83. The first-order valence-corrected chi connectivity index (χ1v) is 4.09. The lowest BCUT2D eigenvalue weighted by Crippen LogP contribution is -2.64. The maximum absolute atomic E-state index is 3.64. The maximum atomic E-state index is 3.64. The predicted molar refractivity (Wildman–Crippen MR) is 37.2 cm³/mol. The number of alkyl halides is 2. The molecular weight excluding hydrogens is 220 g/mol. The average molecular weight is 226 g/mol. The van der Waals surface area contributed by atoms with E-state index in [-0.39, 0.29) is 0 Å². The highest BCUT2D eigenvalue weighted by Crippen LogP contribution is 2.69. The summed E-state index contributed by atoms with van der Waals surface area (Å²) in [6, 6.07) is 0. The van der Waals surface area contributed by atoms with Crippen LogP contribution >= 0.6 is 31.9 Å². The van der Waals surface area contributed by atoms with Crippen molar-refractivity contribution in [3.8, 4) is 0 Å².